The van der Waals surface area contributed by atoms with Crippen LogP contribution in [0, 0.1) is 17.8 Å². The number of ether oxygens (including phenoxy) is 2. The van der Waals surface area contributed by atoms with Crippen molar-refractivity contribution in [2.24, 2.45) is 17.8 Å². The maximum atomic E-state index is 11.9. The van der Waals surface area contributed by atoms with E-state index < -0.39 is 0 Å². The van der Waals surface area contributed by atoms with Crippen molar-refractivity contribution in [1.29, 1.82) is 0 Å². The van der Waals surface area contributed by atoms with E-state index in [4.69, 9.17) is 9.47 Å². The van der Waals surface area contributed by atoms with Gasteiger partial charge in [-0.05, 0) is 114 Å². The zero-order chi connectivity index (χ0) is 24.0. The van der Waals surface area contributed by atoms with Crippen LogP contribution in [0.15, 0.2) is 54.6 Å². The van der Waals surface area contributed by atoms with Crippen LogP contribution in [0.1, 0.15) is 60.9 Å². The largest absolute Gasteiger partial charge is 0.493 e. The van der Waals surface area contributed by atoms with E-state index in [0.717, 1.165) is 34.3 Å². The third-order valence-electron chi connectivity index (χ3n) is 8.74. The van der Waals surface area contributed by atoms with E-state index in [9.17, 15) is 9.90 Å². The number of hydrogen-bond acceptors (Lipinski definition) is 4. The minimum absolute atomic E-state index is 0.152. The lowest BCUT2D eigenvalue weighted by atomic mass is 9.48. The lowest BCUT2D eigenvalue weighted by molar-refractivity contribution is -0.00640. The molecule has 0 aromatic heterocycles. The molecule has 3 aromatic rings. The molecule has 0 unspecified atom stereocenters. The molecule has 0 heterocycles. The van der Waals surface area contributed by atoms with Gasteiger partial charge in [-0.25, -0.2) is 4.79 Å². The van der Waals surface area contributed by atoms with Gasteiger partial charge >= 0.3 is 5.97 Å². The highest BCUT2D eigenvalue weighted by atomic mass is 16.5. The molecule has 0 aliphatic heterocycles. The van der Waals surface area contributed by atoms with E-state index in [2.05, 4.69) is 36.4 Å². The summed E-state index contributed by atoms with van der Waals surface area (Å²) in [5.74, 6) is 3.28. The molecule has 0 atom stereocenters. The van der Waals surface area contributed by atoms with Gasteiger partial charge in [0, 0.05) is 18.6 Å². The maximum absolute atomic E-state index is 11.9. The summed E-state index contributed by atoms with van der Waals surface area (Å²) in [6, 6.07) is 18.9. The molecular weight excluding hydrogens is 436 g/mol. The van der Waals surface area contributed by atoms with E-state index in [1.807, 2.05) is 18.2 Å². The van der Waals surface area contributed by atoms with Crippen LogP contribution in [0.4, 0.5) is 0 Å². The minimum atomic E-state index is -0.312. The zero-order valence-corrected chi connectivity index (χ0v) is 20.5. The molecule has 0 amide bonds. The van der Waals surface area contributed by atoms with Gasteiger partial charge < -0.3 is 14.6 Å². The molecule has 3 aromatic carbocycles. The second kappa shape index (κ2) is 8.98. The lowest BCUT2D eigenvalue weighted by Gasteiger charge is -2.57. The maximum Gasteiger partial charge on any atom is 0.337 e. The van der Waals surface area contributed by atoms with Gasteiger partial charge in [-0.1, -0.05) is 24.3 Å². The second-order valence-corrected chi connectivity index (χ2v) is 11.1. The van der Waals surface area contributed by atoms with Crippen LogP contribution in [-0.2, 0) is 10.2 Å². The predicted octanol–water partition coefficient (Wildman–Crippen LogP) is 6.52. The summed E-state index contributed by atoms with van der Waals surface area (Å²) >= 11 is 0. The number of hydrogen-bond donors (Lipinski definition) is 1. The Balaban J connectivity index is 1.39. The summed E-state index contributed by atoms with van der Waals surface area (Å²) in [7, 11) is 1.41. The number of fused-ring (bicyclic) bond motifs is 1. The summed E-state index contributed by atoms with van der Waals surface area (Å²) in [5.41, 5.74) is 4.57. The fraction of sp³-hybridized carbons (Fsp3) is 0.452. The molecule has 4 aliphatic carbocycles. The number of carbonyl (C=O) groups is 1. The topological polar surface area (TPSA) is 55.8 Å². The van der Waals surface area contributed by atoms with E-state index in [1.165, 1.54) is 62.3 Å². The standard InChI is InChI=1S/C31H34O4/c1-34-30(33)27-6-5-23-14-24(3-4-25(23)15-27)26-7-8-29(35-10-2-9-32)28(16-26)31-17-20-11-21(18-31)13-22(12-20)19-31/h3-8,14-16,20-22,32H,2,9-13,17-19H2,1H3. The van der Waals surface area contributed by atoms with Crippen molar-refractivity contribution in [3.05, 3.63) is 65.7 Å². The van der Waals surface area contributed by atoms with Crippen LogP contribution in [0.25, 0.3) is 21.9 Å². The first-order chi connectivity index (χ1) is 17.1. The van der Waals surface area contributed by atoms with Crippen molar-refractivity contribution in [2.45, 2.75) is 50.4 Å². The Morgan fingerprint density at radius 2 is 1.51 bits per heavy atom. The van der Waals surface area contributed by atoms with Gasteiger partial charge in [0.05, 0.1) is 19.3 Å². The van der Waals surface area contributed by atoms with E-state index >= 15 is 0 Å². The first-order valence-corrected chi connectivity index (χ1v) is 13.1. The summed E-state index contributed by atoms with van der Waals surface area (Å²) in [4.78, 5) is 11.9. The van der Waals surface area contributed by atoms with Crippen LogP contribution in [0.3, 0.4) is 0 Å². The summed E-state index contributed by atoms with van der Waals surface area (Å²) in [6.45, 7) is 0.702. The Morgan fingerprint density at radius 1 is 0.886 bits per heavy atom. The van der Waals surface area contributed by atoms with Crippen LogP contribution in [-0.4, -0.2) is 31.4 Å². The van der Waals surface area contributed by atoms with Crippen molar-refractivity contribution >= 4 is 16.7 Å². The van der Waals surface area contributed by atoms with Crippen molar-refractivity contribution in [2.75, 3.05) is 20.3 Å². The average molecular weight is 471 g/mol. The van der Waals surface area contributed by atoms with Crippen molar-refractivity contribution in [3.8, 4) is 16.9 Å². The van der Waals surface area contributed by atoms with Crippen LogP contribution >= 0.6 is 0 Å². The predicted molar refractivity (Wildman–Crippen MR) is 138 cm³/mol. The molecule has 7 rings (SSSR count). The Hall–Kier alpha value is -2.85. The minimum Gasteiger partial charge on any atom is -0.493 e. The molecule has 4 bridgehead atoms. The first kappa shape index (κ1) is 22.6. The molecule has 35 heavy (non-hydrogen) atoms. The molecule has 4 aliphatic rings. The van der Waals surface area contributed by atoms with Gasteiger partial charge in [-0.3, -0.25) is 0 Å². The molecular formula is C31H34O4. The third kappa shape index (κ3) is 4.12. The second-order valence-electron chi connectivity index (χ2n) is 11.1. The summed E-state index contributed by atoms with van der Waals surface area (Å²) in [6.07, 6.45) is 8.75. The van der Waals surface area contributed by atoms with E-state index in [-0.39, 0.29) is 18.0 Å². The van der Waals surface area contributed by atoms with Crippen LogP contribution in [0.5, 0.6) is 5.75 Å². The Kier molecular flexibility index (Phi) is 5.80. The Bertz CT molecular complexity index is 1220. The Morgan fingerprint density at radius 3 is 2.20 bits per heavy atom. The first-order valence-electron chi connectivity index (χ1n) is 13.1. The molecule has 4 saturated carbocycles. The van der Waals surface area contributed by atoms with Gasteiger partial charge in [0.15, 0.2) is 0 Å². The highest BCUT2D eigenvalue weighted by Crippen LogP contribution is 2.62. The lowest BCUT2D eigenvalue weighted by Crippen LogP contribution is -2.48. The van der Waals surface area contributed by atoms with Crippen LogP contribution in [0.2, 0.25) is 0 Å². The van der Waals surface area contributed by atoms with Crippen molar-refractivity contribution in [1.82, 2.24) is 0 Å². The monoisotopic (exact) mass is 470 g/mol. The number of methoxy groups -OCH3 is 1. The molecule has 182 valence electrons. The highest BCUT2D eigenvalue weighted by Gasteiger charge is 2.52. The normalized spacial score (nSPS) is 26.7. The van der Waals surface area contributed by atoms with Gasteiger partial charge in [-0.2, -0.15) is 0 Å². The summed E-state index contributed by atoms with van der Waals surface area (Å²) in [5, 5.41) is 11.4. The molecule has 4 heteroatoms. The van der Waals surface area contributed by atoms with E-state index in [1.54, 1.807) is 0 Å². The molecule has 0 saturated heterocycles. The zero-order valence-electron chi connectivity index (χ0n) is 20.5. The number of benzene rings is 3. The average Bonchev–Trinajstić information content (AvgIpc) is 2.87. The van der Waals surface area contributed by atoms with Gasteiger partial charge in [0.25, 0.3) is 0 Å². The molecule has 0 spiro atoms. The fourth-order valence-electron chi connectivity index (χ4n) is 7.61. The van der Waals surface area contributed by atoms with Crippen molar-refractivity contribution < 1.29 is 19.4 Å². The fourth-order valence-corrected chi connectivity index (χ4v) is 7.61. The third-order valence-corrected chi connectivity index (χ3v) is 8.74. The number of carbonyl (C=O) groups excluding carboxylic acids is 1. The number of esters is 1. The smallest absolute Gasteiger partial charge is 0.337 e. The number of aliphatic hydroxyl groups is 1. The summed E-state index contributed by atoms with van der Waals surface area (Å²) < 4.78 is 11.1. The molecule has 4 nitrogen and oxygen atoms in total. The molecule has 4 fully saturated rings. The van der Waals surface area contributed by atoms with Crippen LogP contribution < -0.4 is 4.74 Å². The molecule has 1 N–H and O–H groups in total. The number of aliphatic hydroxyl groups excluding tert-OH is 1. The van der Waals surface area contributed by atoms with Gasteiger partial charge in [0.2, 0.25) is 0 Å². The Labute approximate surface area is 207 Å². The highest BCUT2D eigenvalue weighted by molar-refractivity contribution is 5.96. The quantitative estimate of drug-likeness (QED) is 0.315. The van der Waals surface area contributed by atoms with Crippen molar-refractivity contribution in [3.63, 3.8) is 0 Å². The SMILES string of the molecule is COC(=O)c1ccc2cc(-c3ccc(OCCCO)c(C45CC6CC(CC(C6)C4)C5)c3)ccc2c1. The van der Waals surface area contributed by atoms with E-state index in [0.29, 0.717) is 18.6 Å². The molecule has 0 radical (unpaired) electrons. The number of rotatable bonds is 7. The van der Waals surface area contributed by atoms with Gasteiger partial charge in [0.1, 0.15) is 5.75 Å². The van der Waals surface area contributed by atoms with Gasteiger partial charge in [-0.15, -0.1) is 0 Å².